The fourth-order valence-electron chi connectivity index (χ4n) is 3.24. The van der Waals surface area contributed by atoms with Crippen molar-refractivity contribution >= 4 is 50.2 Å². The van der Waals surface area contributed by atoms with Crippen molar-refractivity contribution in [1.29, 1.82) is 0 Å². The zero-order valence-corrected chi connectivity index (χ0v) is 17.2. The lowest BCUT2D eigenvalue weighted by molar-refractivity contribution is -0.117. The fraction of sp³-hybridized carbons (Fsp3) is 0.250. The summed E-state index contributed by atoms with van der Waals surface area (Å²) in [6.45, 7) is 0.747. The second-order valence-corrected chi connectivity index (χ2v) is 8.39. The molecule has 1 fully saturated rings. The second-order valence-electron chi connectivity index (χ2n) is 6.93. The van der Waals surface area contributed by atoms with Gasteiger partial charge in [-0.2, -0.15) is 0 Å². The highest BCUT2D eigenvalue weighted by molar-refractivity contribution is 7.22. The Labute approximate surface area is 180 Å². The van der Waals surface area contributed by atoms with Gasteiger partial charge in [0.15, 0.2) is 5.13 Å². The van der Waals surface area contributed by atoms with Gasteiger partial charge in [0, 0.05) is 18.1 Å². The summed E-state index contributed by atoms with van der Waals surface area (Å²) in [4.78, 5) is 29.5. The Morgan fingerprint density at radius 1 is 1.23 bits per heavy atom. The van der Waals surface area contributed by atoms with Crippen LogP contribution in [0.2, 0.25) is 5.02 Å². The number of nitrogens with one attached hydrogen (secondary N) is 1. The molecule has 0 radical (unpaired) electrons. The van der Waals surface area contributed by atoms with Crippen molar-refractivity contribution in [1.82, 2.24) is 9.88 Å². The average molecular weight is 448 g/mol. The summed E-state index contributed by atoms with van der Waals surface area (Å²) in [5.74, 6) is -0.793. The Bertz CT molecular complexity index is 1090. The SMILES string of the molecule is O=C(CN1C[C@@H](O)[C@H](Oc2ccc(C(=O)O)cc2)C1)Nc1nc2ccc(Cl)cc2s1. The van der Waals surface area contributed by atoms with Gasteiger partial charge in [0.25, 0.3) is 0 Å². The number of aromatic carboxylic acids is 1. The fourth-order valence-corrected chi connectivity index (χ4v) is 4.40. The highest BCUT2D eigenvalue weighted by atomic mass is 35.5. The molecule has 3 aromatic rings. The molecule has 30 heavy (non-hydrogen) atoms. The molecule has 0 aliphatic carbocycles. The number of fused-ring (bicyclic) bond motifs is 1. The van der Waals surface area contributed by atoms with Gasteiger partial charge in [-0.3, -0.25) is 9.69 Å². The molecule has 2 heterocycles. The van der Waals surface area contributed by atoms with Crippen LogP contribution in [0.3, 0.4) is 0 Å². The topological polar surface area (TPSA) is 112 Å². The highest BCUT2D eigenvalue weighted by Gasteiger charge is 2.34. The molecule has 2 atom stereocenters. The van der Waals surface area contributed by atoms with Crippen molar-refractivity contribution in [3.8, 4) is 5.75 Å². The maximum atomic E-state index is 12.4. The molecule has 3 N–H and O–H groups in total. The Balaban J connectivity index is 1.32. The van der Waals surface area contributed by atoms with Crippen LogP contribution in [0.5, 0.6) is 5.75 Å². The van der Waals surface area contributed by atoms with E-state index in [4.69, 9.17) is 21.4 Å². The van der Waals surface area contributed by atoms with Crippen LogP contribution in [0.25, 0.3) is 10.2 Å². The van der Waals surface area contributed by atoms with Crippen molar-refractivity contribution in [2.45, 2.75) is 12.2 Å². The normalized spacial score (nSPS) is 19.1. The Kier molecular flexibility index (Phi) is 5.87. The minimum atomic E-state index is -1.02. The van der Waals surface area contributed by atoms with Crippen molar-refractivity contribution < 1.29 is 24.5 Å². The number of halogens is 1. The van der Waals surface area contributed by atoms with Crippen LogP contribution in [-0.2, 0) is 4.79 Å². The summed E-state index contributed by atoms with van der Waals surface area (Å²) in [6, 6.07) is 11.3. The van der Waals surface area contributed by atoms with Gasteiger partial charge in [0.2, 0.25) is 5.91 Å². The molecule has 1 amide bonds. The number of hydrogen-bond donors (Lipinski definition) is 3. The van der Waals surface area contributed by atoms with Gasteiger partial charge in [-0.25, -0.2) is 9.78 Å². The standard InChI is InChI=1S/C20H18ClN3O5S/c21-12-3-6-14-17(7-12)30-20(22-14)23-18(26)10-24-8-15(25)16(9-24)29-13-4-1-11(2-5-13)19(27)28/h1-7,15-16,25H,8-10H2,(H,27,28)(H,22,23,26)/t15-,16-/m1/s1. The van der Waals surface area contributed by atoms with E-state index in [1.165, 1.54) is 23.5 Å². The van der Waals surface area contributed by atoms with E-state index in [2.05, 4.69) is 10.3 Å². The number of carbonyl (C=O) groups is 2. The number of ether oxygens (including phenoxy) is 1. The molecule has 1 aliphatic rings. The number of carboxylic acids is 1. The van der Waals surface area contributed by atoms with Crippen LogP contribution < -0.4 is 10.1 Å². The van der Waals surface area contributed by atoms with Gasteiger partial charge in [-0.15, -0.1) is 0 Å². The highest BCUT2D eigenvalue weighted by Crippen LogP contribution is 2.28. The van der Waals surface area contributed by atoms with Crippen LogP contribution in [0.1, 0.15) is 10.4 Å². The number of likely N-dealkylation sites (tertiary alicyclic amines) is 1. The third kappa shape index (κ3) is 4.71. The van der Waals surface area contributed by atoms with Gasteiger partial charge >= 0.3 is 5.97 Å². The van der Waals surface area contributed by atoms with Crippen molar-refractivity contribution in [2.75, 3.05) is 25.0 Å². The van der Waals surface area contributed by atoms with Crippen molar-refractivity contribution in [2.24, 2.45) is 0 Å². The molecule has 1 saturated heterocycles. The molecule has 8 nitrogen and oxygen atoms in total. The molecule has 1 aromatic heterocycles. The van der Waals surface area contributed by atoms with E-state index < -0.39 is 18.2 Å². The van der Waals surface area contributed by atoms with Crippen molar-refractivity contribution in [3.63, 3.8) is 0 Å². The maximum absolute atomic E-state index is 12.4. The van der Waals surface area contributed by atoms with E-state index in [1.54, 1.807) is 35.2 Å². The van der Waals surface area contributed by atoms with Crippen LogP contribution in [-0.4, -0.2) is 63.8 Å². The Morgan fingerprint density at radius 3 is 2.73 bits per heavy atom. The molecule has 4 rings (SSSR count). The summed E-state index contributed by atoms with van der Waals surface area (Å²) in [7, 11) is 0. The second kappa shape index (κ2) is 8.57. The van der Waals surface area contributed by atoms with E-state index in [0.717, 1.165) is 10.2 Å². The Morgan fingerprint density at radius 2 is 2.00 bits per heavy atom. The van der Waals surface area contributed by atoms with Gasteiger partial charge < -0.3 is 20.3 Å². The lowest BCUT2D eigenvalue weighted by Crippen LogP contribution is -2.33. The summed E-state index contributed by atoms with van der Waals surface area (Å²) in [5.41, 5.74) is 0.920. The zero-order valence-electron chi connectivity index (χ0n) is 15.6. The first-order chi connectivity index (χ1) is 14.4. The first-order valence-electron chi connectivity index (χ1n) is 9.14. The third-order valence-electron chi connectivity index (χ3n) is 4.67. The predicted molar refractivity (Wildman–Crippen MR) is 114 cm³/mol. The number of nitrogens with zero attached hydrogens (tertiary/aromatic N) is 2. The lowest BCUT2D eigenvalue weighted by atomic mass is 10.2. The minimum absolute atomic E-state index is 0.0888. The molecule has 0 saturated carbocycles. The monoisotopic (exact) mass is 447 g/mol. The average Bonchev–Trinajstić information content (AvgIpc) is 3.23. The third-order valence-corrected chi connectivity index (χ3v) is 5.83. The number of hydrogen-bond acceptors (Lipinski definition) is 7. The van der Waals surface area contributed by atoms with Crippen molar-refractivity contribution in [3.05, 3.63) is 53.1 Å². The van der Waals surface area contributed by atoms with Gasteiger partial charge in [-0.05, 0) is 42.5 Å². The molecule has 156 valence electrons. The van der Waals surface area contributed by atoms with E-state index >= 15 is 0 Å². The number of aliphatic hydroxyl groups excluding tert-OH is 1. The van der Waals surface area contributed by atoms with Crippen LogP contribution in [0, 0.1) is 0 Å². The van der Waals surface area contributed by atoms with Crippen LogP contribution in [0.15, 0.2) is 42.5 Å². The molecular weight excluding hydrogens is 430 g/mol. The minimum Gasteiger partial charge on any atom is -0.486 e. The van der Waals surface area contributed by atoms with Gasteiger partial charge in [0.1, 0.15) is 18.0 Å². The van der Waals surface area contributed by atoms with Crippen LogP contribution >= 0.6 is 22.9 Å². The lowest BCUT2D eigenvalue weighted by Gasteiger charge is -2.17. The summed E-state index contributed by atoms with van der Waals surface area (Å²) < 4.78 is 6.65. The maximum Gasteiger partial charge on any atom is 0.335 e. The van der Waals surface area contributed by atoms with Gasteiger partial charge in [0.05, 0.1) is 22.3 Å². The van der Waals surface area contributed by atoms with E-state index in [9.17, 15) is 14.7 Å². The molecule has 2 aromatic carbocycles. The number of anilines is 1. The number of aliphatic hydroxyl groups is 1. The summed E-state index contributed by atoms with van der Waals surface area (Å²) in [6.07, 6.45) is -1.28. The number of aromatic nitrogens is 1. The molecule has 0 unspecified atom stereocenters. The quantitative estimate of drug-likeness (QED) is 0.532. The first kappa shape index (κ1) is 20.5. The number of benzene rings is 2. The number of rotatable bonds is 6. The first-order valence-corrected chi connectivity index (χ1v) is 10.3. The van der Waals surface area contributed by atoms with Gasteiger partial charge in [-0.1, -0.05) is 22.9 Å². The predicted octanol–water partition coefficient (Wildman–Crippen LogP) is 2.71. The number of amides is 1. The molecule has 1 aliphatic heterocycles. The van der Waals surface area contributed by atoms with E-state index in [1.807, 2.05) is 0 Å². The summed E-state index contributed by atoms with van der Waals surface area (Å²) >= 11 is 7.32. The zero-order chi connectivity index (χ0) is 21.3. The number of carboxylic acid groups (broad SMARTS) is 1. The Hall–Kier alpha value is -2.72. The number of carbonyl (C=O) groups excluding carboxylic acids is 1. The summed E-state index contributed by atoms with van der Waals surface area (Å²) in [5, 5.41) is 23.1. The largest absolute Gasteiger partial charge is 0.486 e. The van der Waals surface area contributed by atoms with E-state index in [-0.39, 0.29) is 18.0 Å². The molecular formula is C20H18ClN3O5S. The smallest absolute Gasteiger partial charge is 0.335 e. The molecule has 0 spiro atoms. The number of β-amino-alcohol motifs (C(OH)–C–C–N with tert-alkyl or cyclic N) is 1. The van der Waals surface area contributed by atoms with Crippen LogP contribution in [0.4, 0.5) is 5.13 Å². The number of thiazole rings is 1. The molecule has 10 heteroatoms. The van der Waals surface area contributed by atoms with E-state index in [0.29, 0.717) is 29.0 Å². The molecule has 0 bridgehead atoms.